The van der Waals surface area contributed by atoms with Gasteiger partial charge in [0.15, 0.2) is 5.79 Å². The lowest BCUT2D eigenvalue weighted by Gasteiger charge is -2.46. The molecule has 0 aromatic rings. The molecule has 1 fully saturated rings. The van der Waals surface area contributed by atoms with E-state index in [1.807, 2.05) is 0 Å². The van der Waals surface area contributed by atoms with Crippen molar-refractivity contribution in [2.45, 2.75) is 118 Å². The van der Waals surface area contributed by atoms with E-state index in [1.165, 1.54) is 44.9 Å². The van der Waals surface area contributed by atoms with Crippen LogP contribution in [0.4, 0.5) is 0 Å². The van der Waals surface area contributed by atoms with Crippen molar-refractivity contribution in [3.63, 3.8) is 0 Å². The van der Waals surface area contributed by atoms with Crippen molar-refractivity contribution in [3.05, 3.63) is 0 Å². The molecule has 1 atom stereocenters. The molecule has 1 aliphatic rings. The molecule has 1 aliphatic heterocycles. The Morgan fingerprint density at radius 1 is 0.920 bits per heavy atom. The van der Waals surface area contributed by atoms with Crippen molar-refractivity contribution in [3.8, 4) is 0 Å². The van der Waals surface area contributed by atoms with Gasteiger partial charge in [-0.05, 0) is 47.5 Å². The minimum atomic E-state index is -0.510. The highest BCUT2D eigenvalue weighted by Crippen LogP contribution is 2.42. The van der Waals surface area contributed by atoms with Crippen LogP contribution in [0.5, 0.6) is 0 Å². The molecule has 150 valence electrons. The Hall–Kier alpha value is -0.120. The lowest BCUT2D eigenvalue weighted by molar-refractivity contribution is -0.294. The minimum Gasteiger partial charge on any atom is -0.380 e. The Morgan fingerprint density at radius 3 is 1.88 bits per heavy atom. The molecule has 1 saturated heterocycles. The predicted octanol–water partition coefficient (Wildman–Crippen LogP) is 6.35. The number of rotatable bonds is 14. The maximum absolute atomic E-state index is 6.36. The average Bonchev–Trinajstić information content (AvgIpc) is 2.46. The molecule has 0 bridgehead atoms. The van der Waals surface area contributed by atoms with Crippen LogP contribution in [0.3, 0.4) is 0 Å². The zero-order chi connectivity index (χ0) is 18.9. The molecule has 0 spiro atoms. The van der Waals surface area contributed by atoms with Crippen molar-refractivity contribution in [2.24, 2.45) is 11.3 Å². The molecule has 0 radical (unpaired) electrons. The molecule has 3 heteroatoms. The van der Waals surface area contributed by atoms with Crippen LogP contribution >= 0.6 is 0 Å². The molecule has 0 aliphatic carbocycles. The highest BCUT2D eigenvalue weighted by molar-refractivity contribution is 4.88. The molecule has 1 rings (SSSR count). The number of hydrogen-bond acceptors (Lipinski definition) is 3. The summed E-state index contributed by atoms with van der Waals surface area (Å²) in [6.45, 7) is 17.0. The van der Waals surface area contributed by atoms with E-state index in [4.69, 9.17) is 14.2 Å². The second-order valence-corrected chi connectivity index (χ2v) is 9.11. The summed E-state index contributed by atoms with van der Waals surface area (Å²) in [5.41, 5.74) is 0.287. The Kier molecular flexibility index (Phi) is 9.98. The fraction of sp³-hybridized carbons (Fsp3) is 1.00. The fourth-order valence-corrected chi connectivity index (χ4v) is 4.04. The van der Waals surface area contributed by atoms with E-state index in [0.717, 1.165) is 19.6 Å². The van der Waals surface area contributed by atoms with Gasteiger partial charge in [0.25, 0.3) is 0 Å². The molecule has 3 nitrogen and oxygen atoms in total. The predicted molar refractivity (Wildman–Crippen MR) is 106 cm³/mol. The summed E-state index contributed by atoms with van der Waals surface area (Å²) in [5, 5.41) is 0. The van der Waals surface area contributed by atoms with Crippen LogP contribution in [0, 0.1) is 11.3 Å². The highest BCUT2D eigenvalue weighted by Gasteiger charge is 2.44. The molecular weight excluding hydrogens is 312 g/mol. The van der Waals surface area contributed by atoms with Crippen molar-refractivity contribution in [1.82, 2.24) is 0 Å². The van der Waals surface area contributed by atoms with Gasteiger partial charge in [-0.1, -0.05) is 52.4 Å². The first-order valence-corrected chi connectivity index (χ1v) is 10.6. The van der Waals surface area contributed by atoms with Gasteiger partial charge < -0.3 is 14.2 Å². The zero-order valence-corrected chi connectivity index (χ0v) is 18.0. The molecular formula is C22H44O3. The Bertz CT molecular complexity index is 337. The van der Waals surface area contributed by atoms with Crippen LogP contribution in [0.2, 0.25) is 0 Å². The lowest BCUT2D eigenvalue weighted by atomic mass is 9.75. The highest BCUT2D eigenvalue weighted by atomic mass is 16.7. The average molecular weight is 357 g/mol. The third-order valence-corrected chi connectivity index (χ3v) is 5.23. The molecule has 25 heavy (non-hydrogen) atoms. The Morgan fingerprint density at radius 2 is 1.44 bits per heavy atom. The van der Waals surface area contributed by atoms with Crippen LogP contribution in [0.15, 0.2) is 0 Å². The third-order valence-electron chi connectivity index (χ3n) is 5.23. The van der Waals surface area contributed by atoms with Crippen LogP contribution in [0.1, 0.15) is 99.8 Å². The molecule has 1 heterocycles. The second-order valence-electron chi connectivity index (χ2n) is 9.11. The van der Waals surface area contributed by atoms with E-state index >= 15 is 0 Å². The van der Waals surface area contributed by atoms with E-state index in [0.29, 0.717) is 5.92 Å². The topological polar surface area (TPSA) is 27.7 Å². The van der Waals surface area contributed by atoms with Gasteiger partial charge in [-0.15, -0.1) is 0 Å². The van der Waals surface area contributed by atoms with Gasteiger partial charge in [-0.2, -0.15) is 0 Å². The summed E-state index contributed by atoms with van der Waals surface area (Å²) in [6, 6.07) is 0. The smallest absolute Gasteiger partial charge is 0.168 e. The third kappa shape index (κ3) is 8.41. The van der Waals surface area contributed by atoms with Gasteiger partial charge >= 0.3 is 0 Å². The molecule has 1 unspecified atom stereocenters. The fourth-order valence-electron chi connectivity index (χ4n) is 4.04. The number of unbranched alkanes of at least 4 members (excludes halogenated alkanes) is 5. The molecule has 0 aromatic carbocycles. The van der Waals surface area contributed by atoms with Gasteiger partial charge in [0.05, 0.1) is 25.4 Å². The molecule has 0 N–H and O–H groups in total. The minimum absolute atomic E-state index is 0.168. The van der Waals surface area contributed by atoms with E-state index in [9.17, 15) is 0 Å². The van der Waals surface area contributed by atoms with Crippen molar-refractivity contribution in [2.75, 3.05) is 13.2 Å². The largest absolute Gasteiger partial charge is 0.380 e. The molecule has 0 saturated carbocycles. The first-order valence-electron chi connectivity index (χ1n) is 10.6. The zero-order valence-electron chi connectivity index (χ0n) is 18.0. The summed E-state index contributed by atoms with van der Waals surface area (Å²) in [4.78, 5) is 0. The van der Waals surface area contributed by atoms with E-state index in [1.54, 1.807) is 0 Å². The van der Waals surface area contributed by atoms with E-state index in [-0.39, 0.29) is 17.6 Å². The monoisotopic (exact) mass is 356 g/mol. The van der Waals surface area contributed by atoms with Gasteiger partial charge in [-0.25, -0.2) is 0 Å². The van der Waals surface area contributed by atoms with Crippen molar-refractivity contribution < 1.29 is 14.2 Å². The standard InChI is InChI=1S/C22H44O3/c1-8-9-10-11-12-13-14-20(15-21(6)16-23-17-21)22(7,24-18(2)3)25-19(4)5/h18-20H,8-17H2,1-7H3. The summed E-state index contributed by atoms with van der Waals surface area (Å²) in [7, 11) is 0. The summed E-state index contributed by atoms with van der Waals surface area (Å²) in [5.74, 6) is -0.0953. The normalized spacial score (nSPS) is 18.6. The van der Waals surface area contributed by atoms with E-state index < -0.39 is 5.79 Å². The SMILES string of the molecule is CCCCCCCCC(CC1(C)COC1)C(C)(OC(C)C)OC(C)C. The van der Waals surface area contributed by atoms with Gasteiger partial charge in [0.1, 0.15) is 0 Å². The lowest BCUT2D eigenvalue weighted by Crippen LogP contribution is -2.49. The van der Waals surface area contributed by atoms with Crippen LogP contribution in [-0.2, 0) is 14.2 Å². The molecule has 0 aromatic heterocycles. The maximum Gasteiger partial charge on any atom is 0.168 e. The number of hydrogen-bond donors (Lipinski definition) is 0. The quantitative estimate of drug-likeness (QED) is 0.268. The van der Waals surface area contributed by atoms with Crippen LogP contribution < -0.4 is 0 Å². The summed E-state index contributed by atoms with van der Waals surface area (Å²) in [6.07, 6.45) is 10.6. The van der Waals surface area contributed by atoms with Gasteiger partial charge in [-0.3, -0.25) is 0 Å². The first-order chi connectivity index (χ1) is 11.7. The van der Waals surface area contributed by atoms with Crippen molar-refractivity contribution in [1.29, 1.82) is 0 Å². The van der Waals surface area contributed by atoms with E-state index in [2.05, 4.69) is 48.5 Å². The second kappa shape index (κ2) is 10.9. The summed E-state index contributed by atoms with van der Waals surface area (Å²) < 4.78 is 18.2. The first kappa shape index (κ1) is 22.9. The van der Waals surface area contributed by atoms with Gasteiger partial charge in [0, 0.05) is 11.3 Å². The molecule has 0 amide bonds. The van der Waals surface area contributed by atoms with Crippen LogP contribution in [-0.4, -0.2) is 31.2 Å². The van der Waals surface area contributed by atoms with Crippen LogP contribution in [0.25, 0.3) is 0 Å². The Balaban J connectivity index is 2.71. The van der Waals surface area contributed by atoms with Gasteiger partial charge in [0.2, 0.25) is 0 Å². The summed E-state index contributed by atoms with van der Waals surface area (Å²) >= 11 is 0. The number of ether oxygens (including phenoxy) is 3. The Labute approximate surface area is 157 Å². The van der Waals surface area contributed by atoms with Crippen molar-refractivity contribution >= 4 is 0 Å². The maximum atomic E-state index is 6.36.